The summed E-state index contributed by atoms with van der Waals surface area (Å²) in [5.41, 5.74) is 4.52. The van der Waals surface area contributed by atoms with E-state index < -0.39 is 24.5 Å². The van der Waals surface area contributed by atoms with E-state index in [1.165, 1.54) is 0 Å². The molecule has 0 heterocycles. The molecular formula is C26H30N2O6. The molecule has 2 aliphatic carbocycles. The number of benzene rings is 2. The van der Waals surface area contributed by atoms with E-state index in [-0.39, 0.29) is 38.1 Å². The first-order valence-electron chi connectivity index (χ1n) is 11.7. The van der Waals surface area contributed by atoms with Crippen LogP contribution < -0.4 is 5.32 Å². The molecule has 0 radical (unpaired) electrons. The first-order valence-corrected chi connectivity index (χ1v) is 11.7. The molecule has 8 nitrogen and oxygen atoms in total. The molecule has 0 spiro atoms. The van der Waals surface area contributed by atoms with Gasteiger partial charge in [0, 0.05) is 19.0 Å². The van der Waals surface area contributed by atoms with E-state index in [4.69, 9.17) is 9.84 Å². The van der Waals surface area contributed by atoms with Crippen LogP contribution in [0, 0.1) is 11.8 Å². The van der Waals surface area contributed by atoms with Gasteiger partial charge in [0.2, 0.25) is 5.91 Å². The average molecular weight is 467 g/mol. The number of hydrogen-bond acceptors (Lipinski definition) is 5. The Morgan fingerprint density at radius 2 is 1.65 bits per heavy atom. The Balaban J connectivity index is 1.36. The quantitative estimate of drug-likeness (QED) is 0.469. The summed E-state index contributed by atoms with van der Waals surface area (Å²) < 4.78 is 5.55. The van der Waals surface area contributed by atoms with Crippen molar-refractivity contribution in [3.05, 3.63) is 59.7 Å². The van der Waals surface area contributed by atoms with E-state index in [9.17, 15) is 19.5 Å². The van der Waals surface area contributed by atoms with Crippen molar-refractivity contribution in [2.75, 3.05) is 32.8 Å². The zero-order chi connectivity index (χ0) is 24.1. The van der Waals surface area contributed by atoms with Gasteiger partial charge in [-0.05, 0) is 34.6 Å². The summed E-state index contributed by atoms with van der Waals surface area (Å²) in [6.45, 7) is -0.623. The minimum absolute atomic E-state index is 0.0577. The first-order chi connectivity index (χ1) is 16.5. The van der Waals surface area contributed by atoms with Gasteiger partial charge in [0.25, 0.3) is 0 Å². The molecule has 0 bridgehead atoms. The van der Waals surface area contributed by atoms with E-state index in [1.807, 2.05) is 36.4 Å². The lowest BCUT2D eigenvalue weighted by Crippen LogP contribution is -2.45. The summed E-state index contributed by atoms with van der Waals surface area (Å²) in [5.74, 6) is -1.73. The van der Waals surface area contributed by atoms with Crippen LogP contribution in [0.25, 0.3) is 11.1 Å². The standard InChI is InChI=1S/C26H30N2O6/c29-12-11-28(15-24(30)31)25(32)18(13-17-9-10-17)14-27-26(33)34-16-23-21-7-3-1-5-19(21)20-6-2-4-8-22(20)23/h1-8,17-18,23,29H,9-16H2,(H,27,33)(H,30,31). The third-order valence-electron chi connectivity index (χ3n) is 6.51. The Morgan fingerprint density at radius 3 is 2.21 bits per heavy atom. The minimum Gasteiger partial charge on any atom is -0.480 e. The van der Waals surface area contributed by atoms with E-state index >= 15 is 0 Å². The van der Waals surface area contributed by atoms with Gasteiger partial charge in [-0.15, -0.1) is 0 Å². The molecule has 1 atom stereocenters. The van der Waals surface area contributed by atoms with Gasteiger partial charge in [0.15, 0.2) is 0 Å². The highest BCUT2D eigenvalue weighted by atomic mass is 16.5. The number of aliphatic hydroxyl groups is 1. The van der Waals surface area contributed by atoms with Crippen molar-refractivity contribution in [3.8, 4) is 11.1 Å². The summed E-state index contributed by atoms with van der Waals surface area (Å²) in [4.78, 5) is 37.7. The molecule has 34 heavy (non-hydrogen) atoms. The van der Waals surface area contributed by atoms with Crippen LogP contribution in [0.15, 0.2) is 48.5 Å². The van der Waals surface area contributed by atoms with Crippen LogP contribution in [0.5, 0.6) is 0 Å². The number of carbonyl (C=O) groups excluding carboxylic acids is 2. The van der Waals surface area contributed by atoms with Gasteiger partial charge in [-0.2, -0.15) is 0 Å². The zero-order valence-electron chi connectivity index (χ0n) is 19.0. The molecule has 0 aromatic heterocycles. The smallest absolute Gasteiger partial charge is 0.407 e. The van der Waals surface area contributed by atoms with E-state index in [2.05, 4.69) is 17.4 Å². The van der Waals surface area contributed by atoms with Gasteiger partial charge < -0.3 is 25.2 Å². The Kier molecular flexibility index (Phi) is 7.47. The van der Waals surface area contributed by atoms with Crippen molar-refractivity contribution in [1.82, 2.24) is 10.2 Å². The number of amides is 2. The molecule has 0 aliphatic heterocycles. The molecule has 3 N–H and O–H groups in total. The fraction of sp³-hybridized carbons (Fsp3) is 0.423. The minimum atomic E-state index is -1.14. The van der Waals surface area contributed by atoms with Gasteiger partial charge in [-0.1, -0.05) is 61.4 Å². The maximum Gasteiger partial charge on any atom is 0.407 e. The van der Waals surface area contributed by atoms with Gasteiger partial charge >= 0.3 is 12.1 Å². The Labute approximate surface area is 198 Å². The molecule has 1 unspecified atom stereocenters. The van der Waals surface area contributed by atoms with Gasteiger partial charge in [0.05, 0.1) is 12.5 Å². The van der Waals surface area contributed by atoms with Crippen LogP contribution in [0.1, 0.15) is 36.3 Å². The summed E-state index contributed by atoms with van der Waals surface area (Å²) in [5, 5.41) is 21.0. The van der Waals surface area contributed by atoms with E-state index in [1.54, 1.807) is 0 Å². The predicted octanol–water partition coefficient (Wildman–Crippen LogP) is 2.85. The lowest BCUT2D eigenvalue weighted by molar-refractivity contribution is -0.146. The second kappa shape index (κ2) is 10.7. The molecule has 2 aromatic carbocycles. The second-order valence-corrected chi connectivity index (χ2v) is 8.96. The molecule has 4 rings (SSSR count). The number of aliphatic carboxylic acids is 1. The lowest BCUT2D eigenvalue weighted by Gasteiger charge is -2.26. The number of rotatable bonds is 11. The summed E-state index contributed by atoms with van der Waals surface area (Å²) in [6.07, 6.45) is 2.01. The normalized spacial score (nSPS) is 15.2. The van der Waals surface area contributed by atoms with Crippen molar-refractivity contribution in [3.63, 3.8) is 0 Å². The van der Waals surface area contributed by atoms with Crippen LogP contribution >= 0.6 is 0 Å². The highest BCUT2D eigenvalue weighted by Gasteiger charge is 2.33. The topological polar surface area (TPSA) is 116 Å². The number of nitrogens with zero attached hydrogens (tertiary/aromatic N) is 1. The molecule has 0 saturated heterocycles. The summed E-state index contributed by atoms with van der Waals surface area (Å²) in [6, 6.07) is 16.2. The van der Waals surface area contributed by atoms with Crippen molar-refractivity contribution in [2.24, 2.45) is 11.8 Å². The van der Waals surface area contributed by atoms with Crippen molar-refractivity contribution < 1.29 is 29.3 Å². The van der Waals surface area contributed by atoms with Crippen LogP contribution in [0.4, 0.5) is 4.79 Å². The number of ether oxygens (including phenoxy) is 1. The molecule has 180 valence electrons. The van der Waals surface area contributed by atoms with Crippen molar-refractivity contribution in [2.45, 2.75) is 25.2 Å². The van der Waals surface area contributed by atoms with Crippen LogP contribution in [0.3, 0.4) is 0 Å². The van der Waals surface area contributed by atoms with Crippen molar-refractivity contribution in [1.29, 1.82) is 0 Å². The van der Waals surface area contributed by atoms with Gasteiger partial charge in [-0.25, -0.2) is 4.79 Å². The maximum absolute atomic E-state index is 12.9. The predicted molar refractivity (Wildman–Crippen MR) is 125 cm³/mol. The number of carbonyl (C=O) groups is 3. The van der Waals surface area contributed by atoms with Crippen LogP contribution in [-0.4, -0.2) is 65.9 Å². The fourth-order valence-electron chi connectivity index (χ4n) is 4.69. The average Bonchev–Trinajstić information content (AvgIpc) is 3.60. The number of carboxylic acids is 1. The summed E-state index contributed by atoms with van der Waals surface area (Å²) in [7, 11) is 0. The number of alkyl carbamates (subject to hydrolysis) is 1. The van der Waals surface area contributed by atoms with E-state index in [0.717, 1.165) is 40.0 Å². The molecule has 2 aromatic rings. The number of hydrogen-bond donors (Lipinski definition) is 3. The Morgan fingerprint density at radius 1 is 1.03 bits per heavy atom. The fourth-order valence-corrected chi connectivity index (χ4v) is 4.69. The van der Waals surface area contributed by atoms with Gasteiger partial charge in [0.1, 0.15) is 13.2 Å². The number of aliphatic hydroxyl groups excluding tert-OH is 1. The lowest BCUT2D eigenvalue weighted by atomic mass is 9.98. The highest BCUT2D eigenvalue weighted by molar-refractivity contribution is 5.84. The molecule has 2 aliphatic rings. The van der Waals surface area contributed by atoms with Crippen LogP contribution in [0.2, 0.25) is 0 Å². The molecular weight excluding hydrogens is 436 g/mol. The largest absolute Gasteiger partial charge is 0.480 e. The van der Waals surface area contributed by atoms with Crippen LogP contribution in [-0.2, 0) is 14.3 Å². The Hall–Kier alpha value is -3.39. The highest BCUT2D eigenvalue weighted by Crippen LogP contribution is 2.44. The second-order valence-electron chi connectivity index (χ2n) is 8.96. The third kappa shape index (κ3) is 5.56. The van der Waals surface area contributed by atoms with E-state index in [0.29, 0.717) is 12.3 Å². The SMILES string of the molecule is O=C(O)CN(CCO)C(=O)C(CNC(=O)OCC1c2ccccc2-c2ccccc21)CC1CC1. The van der Waals surface area contributed by atoms with Crippen molar-refractivity contribution >= 4 is 18.0 Å². The van der Waals surface area contributed by atoms with Gasteiger partial charge in [-0.3, -0.25) is 9.59 Å². The first kappa shape index (κ1) is 23.8. The number of carboxylic acid groups (broad SMARTS) is 1. The Bertz CT molecular complexity index is 1010. The monoisotopic (exact) mass is 466 g/mol. The molecule has 2 amide bonds. The zero-order valence-corrected chi connectivity index (χ0v) is 19.0. The molecule has 1 fully saturated rings. The summed E-state index contributed by atoms with van der Waals surface area (Å²) >= 11 is 0. The third-order valence-corrected chi connectivity index (χ3v) is 6.51. The molecule has 1 saturated carbocycles. The number of nitrogens with one attached hydrogen (secondary N) is 1. The molecule has 8 heteroatoms. The maximum atomic E-state index is 12.9. The number of fused-ring (bicyclic) bond motifs is 3.